The maximum absolute atomic E-state index is 13.5. The van der Waals surface area contributed by atoms with Gasteiger partial charge in [0.05, 0.1) is 36.2 Å². The van der Waals surface area contributed by atoms with Crippen LogP contribution in [0.3, 0.4) is 0 Å². The summed E-state index contributed by atoms with van der Waals surface area (Å²) in [4.78, 5) is 8.40. The Hall–Kier alpha value is -2.14. The molecule has 34 heavy (non-hydrogen) atoms. The second-order valence-electron chi connectivity index (χ2n) is 9.50. The molecular formula is C24H32BF3N4O2. The van der Waals surface area contributed by atoms with E-state index in [2.05, 4.69) is 22.1 Å². The van der Waals surface area contributed by atoms with Gasteiger partial charge in [-0.25, -0.2) is 0 Å². The third-order valence-electron chi connectivity index (χ3n) is 6.76. The Labute approximate surface area is 198 Å². The number of pyridine rings is 1. The lowest BCUT2D eigenvalue weighted by Gasteiger charge is -2.42. The first-order chi connectivity index (χ1) is 16.1. The van der Waals surface area contributed by atoms with Crippen LogP contribution in [0.15, 0.2) is 36.5 Å². The van der Waals surface area contributed by atoms with Crippen molar-refractivity contribution in [3.63, 3.8) is 0 Å². The fourth-order valence-electron chi connectivity index (χ4n) is 5.00. The van der Waals surface area contributed by atoms with Gasteiger partial charge in [-0.3, -0.25) is 14.8 Å². The van der Waals surface area contributed by atoms with E-state index < -0.39 is 31.9 Å². The normalized spacial score (nSPS) is 21.7. The zero-order valence-corrected chi connectivity index (χ0v) is 19.6. The van der Waals surface area contributed by atoms with Crippen LogP contribution in [0.4, 0.5) is 18.9 Å². The van der Waals surface area contributed by atoms with Gasteiger partial charge in [-0.1, -0.05) is 31.5 Å². The third kappa shape index (κ3) is 5.74. The number of unbranched alkanes of at least 4 members (excludes halogenated alkanes) is 1. The fraction of sp³-hybridized carbons (Fsp3) is 0.542. The molecule has 10 heteroatoms. The summed E-state index contributed by atoms with van der Waals surface area (Å²) in [6.45, 7) is 5.97. The Kier molecular flexibility index (Phi) is 7.52. The van der Waals surface area contributed by atoms with E-state index in [-0.39, 0.29) is 0 Å². The van der Waals surface area contributed by atoms with Gasteiger partial charge in [0.2, 0.25) is 0 Å². The highest BCUT2D eigenvalue weighted by atomic mass is 19.4. The first-order valence-electron chi connectivity index (χ1n) is 11.9. The summed E-state index contributed by atoms with van der Waals surface area (Å²) in [5.74, 6) is 0. The molecule has 3 N–H and O–H groups in total. The number of nitrogens with one attached hydrogen (secondary N) is 1. The largest absolute Gasteiger partial charge is 0.488 e. The van der Waals surface area contributed by atoms with E-state index in [4.69, 9.17) is 0 Å². The van der Waals surface area contributed by atoms with Crippen molar-refractivity contribution in [1.82, 2.24) is 14.8 Å². The minimum absolute atomic E-state index is 0.329. The van der Waals surface area contributed by atoms with Crippen molar-refractivity contribution in [3.8, 4) is 0 Å². The standard InChI is InChI=1S/C24H32BF3N4O2/c1-3-4-9-31-13-20(14-31)30-19-6-8-22(29-12-19)23-21-7-5-18(25(33)34)11-17(21)10-16(2)32(23)15-24(26,27)28/h5-8,11-12,16,20,23,30,33-34H,3-4,9-10,13-15H2,1-2H3/t16-,23+/m1/s1. The Morgan fingerprint density at radius 1 is 1.18 bits per heavy atom. The van der Waals surface area contributed by atoms with Crippen LogP contribution in [0.1, 0.15) is 49.6 Å². The molecule has 0 amide bonds. The topological polar surface area (TPSA) is 71.9 Å². The number of halogens is 3. The molecule has 0 aliphatic carbocycles. The number of hydrogen-bond acceptors (Lipinski definition) is 6. The van der Waals surface area contributed by atoms with Crippen LogP contribution >= 0.6 is 0 Å². The SMILES string of the molecule is CCCCN1CC(Nc2ccc([C@@H]3c4ccc(B(O)O)cc4C[C@@H](C)N3CC(F)(F)F)nc2)C1. The molecule has 2 aliphatic heterocycles. The molecule has 1 fully saturated rings. The fourth-order valence-corrected chi connectivity index (χ4v) is 5.00. The van der Waals surface area contributed by atoms with Gasteiger partial charge >= 0.3 is 13.3 Å². The summed E-state index contributed by atoms with van der Waals surface area (Å²) < 4.78 is 40.4. The number of anilines is 1. The van der Waals surface area contributed by atoms with Crippen LogP contribution in [0.25, 0.3) is 0 Å². The van der Waals surface area contributed by atoms with Crippen molar-refractivity contribution in [3.05, 3.63) is 53.3 Å². The average molecular weight is 476 g/mol. The molecule has 2 aromatic rings. The second kappa shape index (κ2) is 10.2. The number of hydrogen-bond donors (Lipinski definition) is 3. The van der Waals surface area contributed by atoms with Crippen molar-refractivity contribution in [2.75, 3.05) is 31.5 Å². The lowest BCUT2D eigenvalue weighted by atomic mass is 9.76. The summed E-state index contributed by atoms with van der Waals surface area (Å²) in [6.07, 6.45) is 0.104. The highest BCUT2D eigenvalue weighted by Gasteiger charge is 2.41. The molecular weight excluding hydrogens is 444 g/mol. The molecule has 0 saturated carbocycles. The lowest BCUT2D eigenvalue weighted by Crippen LogP contribution is -2.54. The van der Waals surface area contributed by atoms with Gasteiger partial charge in [-0.05, 0) is 55.0 Å². The maximum atomic E-state index is 13.5. The monoisotopic (exact) mass is 476 g/mol. The zero-order valence-electron chi connectivity index (χ0n) is 19.6. The molecule has 2 atom stereocenters. The van der Waals surface area contributed by atoms with E-state index in [1.54, 1.807) is 37.4 Å². The van der Waals surface area contributed by atoms with Crippen LogP contribution in [0.2, 0.25) is 0 Å². The Morgan fingerprint density at radius 3 is 2.56 bits per heavy atom. The number of aromatic nitrogens is 1. The molecule has 0 radical (unpaired) electrons. The smallest absolute Gasteiger partial charge is 0.423 e. The van der Waals surface area contributed by atoms with E-state index in [0.29, 0.717) is 29.2 Å². The minimum Gasteiger partial charge on any atom is -0.423 e. The molecule has 184 valence electrons. The van der Waals surface area contributed by atoms with E-state index in [1.807, 2.05) is 6.07 Å². The number of benzene rings is 1. The van der Waals surface area contributed by atoms with Gasteiger partial charge in [0.15, 0.2) is 0 Å². The predicted molar refractivity (Wildman–Crippen MR) is 127 cm³/mol. The predicted octanol–water partition coefficient (Wildman–Crippen LogP) is 2.56. The van der Waals surface area contributed by atoms with Crippen molar-refractivity contribution in [2.24, 2.45) is 0 Å². The number of rotatable bonds is 8. The zero-order chi connectivity index (χ0) is 24.5. The van der Waals surface area contributed by atoms with E-state index >= 15 is 0 Å². The second-order valence-corrected chi connectivity index (χ2v) is 9.50. The van der Waals surface area contributed by atoms with Gasteiger partial charge < -0.3 is 15.4 Å². The highest BCUT2D eigenvalue weighted by Crippen LogP contribution is 2.38. The summed E-state index contributed by atoms with van der Waals surface area (Å²) in [5.41, 5.74) is 3.25. The molecule has 3 heterocycles. The highest BCUT2D eigenvalue weighted by molar-refractivity contribution is 6.58. The van der Waals surface area contributed by atoms with Crippen LogP contribution < -0.4 is 10.8 Å². The molecule has 6 nitrogen and oxygen atoms in total. The Balaban J connectivity index is 1.56. The van der Waals surface area contributed by atoms with Crippen LogP contribution in [-0.4, -0.2) is 76.4 Å². The summed E-state index contributed by atoms with van der Waals surface area (Å²) in [7, 11) is -1.62. The summed E-state index contributed by atoms with van der Waals surface area (Å²) in [5, 5.41) is 22.5. The van der Waals surface area contributed by atoms with Crippen molar-refractivity contribution in [2.45, 2.75) is 57.4 Å². The first-order valence-corrected chi connectivity index (χ1v) is 11.9. The van der Waals surface area contributed by atoms with E-state index in [9.17, 15) is 23.2 Å². The molecule has 0 spiro atoms. The molecule has 4 rings (SSSR count). The molecule has 2 aliphatic rings. The van der Waals surface area contributed by atoms with Crippen LogP contribution in [0.5, 0.6) is 0 Å². The number of fused-ring (bicyclic) bond motifs is 1. The van der Waals surface area contributed by atoms with Gasteiger partial charge in [0.1, 0.15) is 0 Å². The van der Waals surface area contributed by atoms with Crippen molar-refractivity contribution < 1.29 is 23.2 Å². The maximum Gasteiger partial charge on any atom is 0.488 e. The van der Waals surface area contributed by atoms with E-state index in [0.717, 1.165) is 30.9 Å². The van der Waals surface area contributed by atoms with Crippen molar-refractivity contribution in [1.29, 1.82) is 0 Å². The van der Waals surface area contributed by atoms with Crippen LogP contribution in [-0.2, 0) is 6.42 Å². The Bertz CT molecular complexity index is 968. The molecule has 1 aromatic carbocycles. The average Bonchev–Trinajstić information content (AvgIpc) is 2.75. The number of alkyl halides is 3. The third-order valence-corrected chi connectivity index (χ3v) is 6.76. The minimum atomic E-state index is -4.35. The van der Waals surface area contributed by atoms with Crippen molar-refractivity contribution >= 4 is 18.3 Å². The first kappa shape index (κ1) is 25.0. The van der Waals surface area contributed by atoms with Gasteiger partial charge in [-0.15, -0.1) is 0 Å². The Morgan fingerprint density at radius 2 is 1.94 bits per heavy atom. The van der Waals surface area contributed by atoms with E-state index in [1.165, 1.54) is 17.7 Å². The summed E-state index contributed by atoms with van der Waals surface area (Å²) >= 11 is 0. The van der Waals surface area contributed by atoms with Gasteiger partial charge in [0, 0.05) is 19.1 Å². The number of nitrogens with zero attached hydrogens (tertiary/aromatic N) is 3. The molecule has 1 saturated heterocycles. The van der Waals surface area contributed by atoms with Crippen LogP contribution in [0, 0.1) is 0 Å². The quantitative estimate of drug-likeness (QED) is 0.509. The molecule has 1 aromatic heterocycles. The number of likely N-dealkylation sites (tertiary alicyclic amines) is 1. The lowest BCUT2D eigenvalue weighted by molar-refractivity contribution is -0.155. The molecule has 0 bridgehead atoms. The summed E-state index contributed by atoms with van der Waals surface area (Å²) in [6, 6.07) is 7.87. The molecule has 0 unspecified atom stereocenters. The van der Waals surface area contributed by atoms with Gasteiger partial charge in [0.25, 0.3) is 0 Å². The van der Waals surface area contributed by atoms with Gasteiger partial charge in [-0.2, -0.15) is 13.2 Å².